The molecule has 2 heterocycles. The number of carbonyl (C=O) groups is 1. The molecule has 2 aromatic rings. The third-order valence-electron chi connectivity index (χ3n) is 2.07. The molecule has 78 valence electrons. The quantitative estimate of drug-likeness (QED) is 0.791. The highest BCUT2D eigenvalue weighted by Gasteiger charge is 2.13. The molecule has 0 unspecified atom stereocenters. The summed E-state index contributed by atoms with van der Waals surface area (Å²) in [5.74, 6) is -0.157. The number of carbonyl (C=O) groups excluding carboxylic acids is 1. The van der Waals surface area contributed by atoms with Gasteiger partial charge in [0, 0.05) is 18.6 Å². The van der Waals surface area contributed by atoms with Crippen molar-refractivity contribution in [2.24, 2.45) is 0 Å². The Hall–Kier alpha value is -1.07. The van der Waals surface area contributed by atoms with E-state index in [9.17, 15) is 4.79 Å². The van der Waals surface area contributed by atoms with Crippen LogP contribution in [0.4, 0.5) is 0 Å². The van der Waals surface area contributed by atoms with Crippen LogP contribution in [-0.4, -0.2) is 22.9 Å². The molecular weight excluding hydrogens is 281 g/mol. The van der Waals surface area contributed by atoms with Crippen molar-refractivity contribution in [1.82, 2.24) is 15.3 Å². The second kappa shape index (κ2) is 3.83. The van der Waals surface area contributed by atoms with E-state index in [1.165, 1.54) is 0 Å². The predicted octanol–water partition coefficient (Wildman–Crippen LogP) is 2.34. The molecule has 0 aliphatic rings. The molecule has 2 N–H and O–H groups in total. The van der Waals surface area contributed by atoms with Crippen LogP contribution in [0.2, 0.25) is 5.15 Å². The highest BCUT2D eigenvalue weighted by Crippen LogP contribution is 2.26. The molecule has 4 nitrogen and oxygen atoms in total. The fourth-order valence-electron chi connectivity index (χ4n) is 1.38. The van der Waals surface area contributed by atoms with Crippen molar-refractivity contribution < 1.29 is 4.79 Å². The molecular formula is C9H7BrClN3O. The maximum atomic E-state index is 11.5. The van der Waals surface area contributed by atoms with Crippen LogP contribution >= 0.6 is 27.5 Å². The smallest absolute Gasteiger partial charge is 0.253 e. The maximum Gasteiger partial charge on any atom is 0.253 e. The fraction of sp³-hybridized carbons (Fsp3) is 0.111. The molecule has 0 bridgehead atoms. The van der Waals surface area contributed by atoms with Gasteiger partial charge in [-0.15, -0.1) is 0 Å². The molecule has 0 saturated carbocycles. The van der Waals surface area contributed by atoms with Gasteiger partial charge >= 0.3 is 0 Å². The minimum Gasteiger partial charge on any atom is -0.358 e. The second-order valence-electron chi connectivity index (χ2n) is 2.94. The summed E-state index contributed by atoms with van der Waals surface area (Å²) in [6.45, 7) is 0. The van der Waals surface area contributed by atoms with Gasteiger partial charge < -0.3 is 10.3 Å². The van der Waals surface area contributed by atoms with Gasteiger partial charge in [-0.1, -0.05) is 11.6 Å². The van der Waals surface area contributed by atoms with Crippen LogP contribution < -0.4 is 5.32 Å². The summed E-state index contributed by atoms with van der Waals surface area (Å²) < 4.78 is 0.597. The van der Waals surface area contributed by atoms with Crippen molar-refractivity contribution in [3.05, 3.63) is 27.6 Å². The Balaban J connectivity index is 2.74. The Morgan fingerprint density at radius 1 is 1.67 bits per heavy atom. The summed E-state index contributed by atoms with van der Waals surface area (Å²) >= 11 is 9.09. The van der Waals surface area contributed by atoms with E-state index in [0.29, 0.717) is 15.3 Å². The number of H-pyrrole nitrogens is 1. The SMILES string of the molecule is CNC(=O)c1c[nH]c2c(Br)nc(Cl)cc12. The molecule has 15 heavy (non-hydrogen) atoms. The van der Waals surface area contributed by atoms with Gasteiger partial charge in [0.05, 0.1) is 11.1 Å². The zero-order valence-corrected chi connectivity index (χ0v) is 10.1. The van der Waals surface area contributed by atoms with Gasteiger partial charge in [-0.25, -0.2) is 4.98 Å². The van der Waals surface area contributed by atoms with Gasteiger partial charge in [-0.2, -0.15) is 0 Å². The third kappa shape index (κ3) is 1.72. The minimum absolute atomic E-state index is 0.157. The summed E-state index contributed by atoms with van der Waals surface area (Å²) in [4.78, 5) is 18.5. The second-order valence-corrected chi connectivity index (χ2v) is 4.08. The fourth-order valence-corrected chi connectivity index (χ4v) is 2.19. The normalized spacial score (nSPS) is 10.6. The summed E-state index contributed by atoms with van der Waals surface area (Å²) in [5.41, 5.74) is 1.32. The molecule has 0 saturated heterocycles. The number of nitrogens with one attached hydrogen (secondary N) is 2. The van der Waals surface area contributed by atoms with Gasteiger partial charge in [0.25, 0.3) is 5.91 Å². The molecule has 0 fully saturated rings. The number of halogens is 2. The highest BCUT2D eigenvalue weighted by molar-refractivity contribution is 9.10. The summed E-state index contributed by atoms with van der Waals surface area (Å²) in [5, 5.41) is 3.66. The van der Waals surface area contributed by atoms with E-state index in [1.54, 1.807) is 19.3 Å². The van der Waals surface area contributed by atoms with Crippen molar-refractivity contribution in [2.75, 3.05) is 7.05 Å². The van der Waals surface area contributed by atoms with Gasteiger partial charge in [0.2, 0.25) is 0 Å². The van der Waals surface area contributed by atoms with Crippen LogP contribution in [0.15, 0.2) is 16.9 Å². The lowest BCUT2D eigenvalue weighted by atomic mass is 10.2. The molecule has 6 heteroatoms. The van der Waals surface area contributed by atoms with Gasteiger partial charge in [0.1, 0.15) is 9.76 Å². The van der Waals surface area contributed by atoms with Gasteiger partial charge in [-0.05, 0) is 22.0 Å². The lowest BCUT2D eigenvalue weighted by Gasteiger charge is -1.98. The number of amides is 1. The number of rotatable bonds is 1. The Kier molecular flexibility index (Phi) is 2.67. The van der Waals surface area contributed by atoms with Crippen LogP contribution in [0.5, 0.6) is 0 Å². The van der Waals surface area contributed by atoms with Crippen LogP contribution in [0.3, 0.4) is 0 Å². The largest absolute Gasteiger partial charge is 0.358 e. The van der Waals surface area contributed by atoms with E-state index in [-0.39, 0.29) is 5.91 Å². The number of hydrogen-bond acceptors (Lipinski definition) is 2. The van der Waals surface area contributed by atoms with E-state index in [1.807, 2.05) is 0 Å². The monoisotopic (exact) mass is 287 g/mol. The first kappa shape index (κ1) is 10.4. The maximum absolute atomic E-state index is 11.5. The Labute approximate surface area is 99.2 Å². The molecule has 0 atom stereocenters. The van der Waals surface area contributed by atoms with Crippen LogP contribution in [0.25, 0.3) is 10.9 Å². The zero-order chi connectivity index (χ0) is 11.0. The molecule has 1 amide bonds. The van der Waals surface area contributed by atoms with Crippen molar-refractivity contribution in [2.45, 2.75) is 0 Å². The van der Waals surface area contributed by atoms with E-state index in [0.717, 1.165) is 10.9 Å². The van der Waals surface area contributed by atoms with E-state index < -0.39 is 0 Å². The molecule has 0 radical (unpaired) electrons. The first-order valence-corrected chi connectivity index (χ1v) is 5.35. The summed E-state index contributed by atoms with van der Waals surface area (Å²) in [6, 6.07) is 1.66. The van der Waals surface area contributed by atoms with Crippen LogP contribution in [0.1, 0.15) is 10.4 Å². The topological polar surface area (TPSA) is 57.8 Å². The van der Waals surface area contributed by atoms with Crippen molar-refractivity contribution in [3.63, 3.8) is 0 Å². The summed E-state index contributed by atoms with van der Waals surface area (Å²) in [7, 11) is 1.58. The standard InChI is InChI=1S/C9H7BrClN3O/c1-12-9(15)5-3-13-7-4(5)2-6(11)14-8(7)10/h2-3,13H,1H3,(H,12,15). The van der Waals surface area contributed by atoms with E-state index in [4.69, 9.17) is 11.6 Å². The lowest BCUT2D eigenvalue weighted by Crippen LogP contribution is -2.17. The first-order chi connectivity index (χ1) is 7.13. The van der Waals surface area contributed by atoms with Crippen molar-refractivity contribution >= 4 is 44.3 Å². The number of fused-ring (bicyclic) bond motifs is 1. The minimum atomic E-state index is -0.157. The Morgan fingerprint density at radius 3 is 3.07 bits per heavy atom. The molecule has 0 aromatic carbocycles. The highest BCUT2D eigenvalue weighted by atomic mass is 79.9. The van der Waals surface area contributed by atoms with Gasteiger partial charge in [-0.3, -0.25) is 4.79 Å². The number of pyridine rings is 1. The van der Waals surface area contributed by atoms with E-state index in [2.05, 4.69) is 31.2 Å². The number of nitrogens with zero attached hydrogens (tertiary/aromatic N) is 1. The molecule has 2 rings (SSSR count). The average Bonchev–Trinajstić information content (AvgIpc) is 2.60. The number of aromatic amines is 1. The van der Waals surface area contributed by atoms with Crippen molar-refractivity contribution in [3.8, 4) is 0 Å². The molecule has 0 spiro atoms. The molecule has 0 aliphatic carbocycles. The molecule has 0 aliphatic heterocycles. The Bertz CT molecular complexity index is 537. The summed E-state index contributed by atoms with van der Waals surface area (Å²) in [6.07, 6.45) is 1.63. The van der Waals surface area contributed by atoms with Crippen molar-refractivity contribution in [1.29, 1.82) is 0 Å². The first-order valence-electron chi connectivity index (χ1n) is 4.18. The van der Waals surface area contributed by atoms with Crippen LogP contribution in [0, 0.1) is 0 Å². The lowest BCUT2D eigenvalue weighted by molar-refractivity contribution is 0.0965. The van der Waals surface area contributed by atoms with Crippen LogP contribution in [-0.2, 0) is 0 Å². The van der Waals surface area contributed by atoms with Gasteiger partial charge in [0.15, 0.2) is 0 Å². The number of hydrogen-bond donors (Lipinski definition) is 2. The zero-order valence-electron chi connectivity index (χ0n) is 7.77. The Morgan fingerprint density at radius 2 is 2.40 bits per heavy atom. The average molecular weight is 289 g/mol. The van der Waals surface area contributed by atoms with E-state index >= 15 is 0 Å². The number of aromatic nitrogens is 2. The molecule has 2 aromatic heterocycles. The third-order valence-corrected chi connectivity index (χ3v) is 2.83. The predicted molar refractivity (Wildman–Crippen MR) is 62.2 cm³/mol.